The number of ether oxygens (including phenoxy) is 2. The minimum absolute atomic E-state index is 0.119. The van der Waals surface area contributed by atoms with E-state index in [0.29, 0.717) is 24.7 Å². The van der Waals surface area contributed by atoms with Crippen LogP contribution in [-0.4, -0.2) is 29.0 Å². The molecule has 24 heavy (non-hydrogen) atoms. The summed E-state index contributed by atoms with van der Waals surface area (Å²) in [6.45, 7) is 0.969. The van der Waals surface area contributed by atoms with Crippen LogP contribution in [0.3, 0.4) is 0 Å². The van der Waals surface area contributed by atoms with Crippen molar-refractivity contribution < 1.29 is 24.3 Å². The Hall–Kier alpha value is -3.35. The zero-order chi connectivity index (χ0) is 17.1. The highest BCUT2D eigenvalue weighted by molar-refractivity contribution is 6.07. The third-order valence-corrected chi connectivity index (χ3v) is 3.45. The van der Waals surface area contributed by atoms with E-state index in [9.17, 15) is 20.0 Å². The van der Waals surface area contributed by atoms with E-state index in [-0.39, 0.29) is 5.56 Å². The fourth-order valence-corrected chi connectivity index (χ4v) is 2.25. The highest BCUT2D eigenvalue weighted by Crippen LogP contribution is 2.31. The largest absolute Gasteiger partial charge is 0.502 e. The fraction of sp³-hybridized carbons (Fsp3) is 0.118. The van der Waals surface area contributed by atoms with Gasteiger partial charge in [-0.05, 0) is 35.9 Å². The maximum absolute atomic E-state index is 12.1. The van der Waals surface area contributed by atoms with Gasteiger partial charge in [-0.25, -0.2) is 0 Å². The molecule has 2 aromatic rings. The molecule has 0 saturated heterocycles. The van der Waals surface area contributed by atoms with Crippen molar-refractivity contribution in [2.75, 3.05) is 13.2 Å². The number of ketones is 1. The molecule has 7 nitrogen and oxygen atoms in total. The Labute approximate surface area is 136 Å². The molecule has 0 amide bonds. The van der Waals surface area contributed by atoms with Crippen LogP contribution in [0.25, 0.3) is 6.08 Å². The Balaban J connectivity index is 1.80. The Bertz CT molecular complexity index is 843. The van der Waals surface area contributed by atoms with Gasteiger partial charge in [0, 0.05) is 11.6 Å². The van der Waals surface area contributed by atoms with Gasteiger partial charge in [0.2, 0.25) is 0 Å². The summed E-state index contributed by atoms with van der Waals surface area (Å²) in [5.74, 6) is 0.371. The first-order valence-corrected chi connectivity index (χ1v) is 7.14. The van der Waals surface area contributed by atoms with Crippen molar-refractivity contribution >= 4 is 17.5 Å². The summed E-state index contributed by atoms with van der Waals surface area (Å²) in [6.07, 6.45) is 2.89. The van der Waals surface area contributed by atoms with Crippen molar-refractivity contribution in [3.8, 4) is 17.2 Å². The monoisotopic (exact) mass is 327 g/mol. The van der Waals surface area contributed by atoms with Crippen LogP contribution in [0.1, 0.15) is 15.9 Å². The SMILES string of the molecule is O=C(/C=C/c1ccc2c(c1)OCCO2)c1ccc(O)c([N+](=O)[O-])c1. The average Bonchev–Trinajstić information content (AvgIpc) is 2.59. The first-order valence-electron chi connectivity index (χ1n) is 7.14. The lowest BCUT2D eigenvalue weighted by atomic mass is 10.1. The average molecular weight is 327 g/mol. The lowest BCUT2D eigenvalue weighted by Crippen LogP contribution is -2.15. The van der Waals surface area contributed by atoms with E-state index in [1.54, 1.807) is 24.3 Å². The summed E-state index contributed by atoms with van der Waals surface area (Å²) < 4.78 is 10.9. The van der Waals surface area contributed by atoms with Gasteiger partial charge in [0.15, 0.2) is 23.0 Å². The van der Waals surface area contributed by atoms with E-state index in [4.69, 9.17) is 9.47 Å². The maximum Gasteiger partial charge on any atom is 0.311 e. The molecule has 122 valence electrons. The second kappa shape index (κ2) is 6.41. The number of rotatable bonds is 4. The van der Waals surface area contributed by atoms with Gasteiger partial charge in [-0.15, -0.1) is 0 Å². The number of nitrogens with zero attached hydrogens (tertiary/aromatic N) is 1. The number of nitro benzene ring substituents is 1. The van der Waals surface area contributed by atoms with Gasteiger partial charge in [-0.2, -0.15) is 0 Å². The number of benzene rings is 2. The molecule has 3 rings (SSSR count). The van der Waals surface area contributed by atoms with E-state index >= 15 is 0 Å². The number of phenols is 1. The normalized spacial score (nSPS) is 13.0. The van der Waals surface area contributed by atoms with Crippen LogP contribution in [0.5, 0.6) is 17.2 Å². The molecule has 0 atom stereocenters. The van der Waals surface area contributed by atoms with Crippen molar-refractivity contribution in [1.29, 1.82) is 0 Å². The zero-order valence-electron chi connectivity index (χ0n) is 12.5. The predicted octanol–water partition coefficient (Wildman–Crippen LogP) is 2.97. The molecular weight excluding hydrogens is 314 g/mol. The van der Waals surface area contributed by atoms with E-state index in [2.05, 4.69) is 0 Å². The number of aromatic hydroxyl groups is 1. The van der Waals surface area contributed by atoms with Crippen LogP contribution in [0.2, 0.25) is 0 Å². The minimum Gasteiger partial charge on any atom is -0.502 e. The second-order valence-corrected chi connectivity index (χ2v) is 5.06. The van der Waals surface area contributed by atoms with Crippen LogP contribution in [0.15, 0.2) is 42.5 Å². The molecule has 2 aromatic carbocycles. The Morgan fingerprint density at radius 1 is 1.12 bits per heavy atom. The van der Waals surface area contributed by atoms with E-state index in [1.165, 1.54) is 12.1 Å². The molecule has 1 N–H and O–H groups in total. The summed E-state index contributed by atoms with van der Waals surface area (Å²) in [5, 5.41) is 20.2. The second-order valence-electron chi connectivity index (χ2n) is 5.06. The summed E-state index contributed by atoms with van der Waals surface area (Å²) in [6, 6.07) is 8.78. The molecule has 0 fully saturated rings. The van der Waals surface area contributed by atoms with Gasteiger partial charge in [0.1, 0.15) is 13.2 Å². The van der Waals surface area contributed by atoms with Gasteiger partial charge in [-0.3, -0.25) is 14.9 Å². The van der Waals surface area contributed by atoms with Gasteiger partial charge in [-0.1, -0.05) is 12.1 Å². The van der Waals surface area contributed by atoms with Crippen molar-refractivity contribution in [2.24, 2.45) is 0 Å². The molecule has 1 aliphatic rings. The van der Waals surface area contributed by atoms with Crippen molar-refractivity contribution in [1.82, 2.24) is 0 Å². The smallest absolute Gasteiger partial charge is 0.311 e. The van der Waals surface area contributed by atoms with Crippen molar-refractivity contribution in [3.05, 3.63) is 63.7 Å². The predicted molar refractivity (Wildman–Crippen MR) is 85.6 cm³/mol. The Morgan fingerprint density at radius 2 is 1.88 bits per heavy atom. The minimum atomic E-state index is -0.739. The summed E-state index contributed by atoms with van der Waals surface area (Å²) in [4.78, 5) is 22.2. The quantitative estimate of drug-likeness (QED) is 0.401. The molecule has 0 spiro atoms. The fourth-order valence-electron chi connectivity index (χ4n) is 2.25. The molecular formula is C17H13NO6. The number of fused-ring (bicyclic) bond motifs is 1. The number of phenolic OH excluding ortho intramolecular Hbond substituents is 1. The van der Waals surface area contributed by atoms with Crippen LogP contribution in [0.4, 0.5) is 5.69 Å². The number of carbonyl (C=O) groups excluding carboxylic acids is 1. The first-order chi connectivity index (χ1) is 11.5. The third-order valence-electron chi connectivity index (χ3n) is 3.45. The zero-order valence-corrected chi connectivity index (χ0v) is 12.5. The summed E-state index contributed by atoms with van der Waals surface area (Å²) in [7, 11) is 0. The van der Waals surface area contributed by atoms with Crippen molar-refractivity contribution in [3.63, 3.8) is 0 Å². The van der Waals surface area contributed by atoms with Crippen LogP contribution < -0.4 is 9.47 Å². The summed E-state index contributed by atoms with van der Waals surface area (Å²) in [5.41, 5.74) is 0.350. The Kier molecular flexibility index (Phi) is 4.15. The highest BCUT2D eigenvalue weighted by atomic mass is 16.6. The van der Waals surface area contributed by atoms with Gasteiger partial charge in [0.25, 0.3) is 0 Å². The third kappa shape index (κ3) is 3.19. The lowest BCUT2D eigenvalue weighted by molar-refractivity contribution is -0.385. The molecule has 7 heteroatoms. The van der Waals surface area contributed by atoms with E-state index in [1.807, 2.05) is 0 Å². The van der Waals surface area contributed by atoms with Crippen LogP contribution in [-0.2, 0) is 0 Å². The molecule has 0 unspecified atom stereocenters. The molecule has 0 bridgehead atoms. The highest BCUT2D eigenvalue weighted by Gasteiger charge is 2.16. The maximum atomic E-state index is 12.1. The molecule has 0 aromatic heterocycles. The van der Waals surface area contributed by atoms with Gasteiger partial charge < -0.3 is 14.6 Å². The summed E-state index contributed by atoms with van der Waals surface area (Å²) >= 11 is 0. The lowest BCUT2D eigenvalue weighted by Gasteiger charge is -2.18. The molecule has 1 heterocycles. The molecule has 0 radical (unpaired) electrons. The topological polar surface area (TPSA) is 98.9 Å². The first kappa shape index (κ1) is 15.5. The van der Waals surface area contributed by atoms with Crippen molar-refractivity contribution in [2.45, 2.75) is 0 Å². The number of hydrogen-bond acceptors (Lipinski definition) is 6. The van der Waals surface area contributed by atoms with Crippen LogP contribution >= 0.6 is 0 Å². The molecule has 1 aliphatic heterocycles. The standard InChI is InChI=1S/C17H13NO6/c19-14(12-3-5-15(20)13(10-12)18(21)22)4-1-11-2-6-16-17(9-11)24-8-7-23-16/h1-6,9-10,20H,7-8H2/b4-1+. The molecule has 0 aliphatic carbocycles. The number of hydrogen-bond donors (Lipinski definition) is 1. The Morgan fingerprint density at radius 3 is 2.62 bits per heavy atom. The van der Waals surface area contributed by atoms with E-state index < -0.39 is 22.1 Å². The van der Waals surface area contributed by atoms with Gasteiger partial charge >= 0.3 is 5.69 Å². The number of carbonyl (C=O) groups is 1. The number of allylic oxidation sites excluding steroid dienone is 1. The van der Waals surface area contributed by atoms with Gasteiger partial charge in [0.05, 0.1) is 4.92 Å². The van der Waals surface area contributed by atoms with Crippen LogP contribution in [0, 0.1) is 10.1 Å². The number of nitro groups is 1. The molecule has 0 saturated carbocycles. The van der Waals surface area contributed by atoms with E-state index in [0.717, 1.165) is 17.7 Å².